The average Bonchev–Trinajstić information content (AvgIpc) is 2.12. The molecule has 1 aromatic heterocycles. The van der Waals surface area contributed by atoms with Gasteiger partial charge in [-0.25, -0.2) is 0 Å². The molecule has 1 aromatic rings. The molecular weight excluding hydrogens is 163 g/mol. The number of aryl methyl sites for hydroxylation is 1. The Morgan fingerprint density at radius 1 is 1.50 bits per heavy atom. The summed E-state index contributed by atoms with van der Waals surface area (Å²) in [5.74, 6) is 0. The third kappa shape index (κ3) is 3.71. The quantitative estimate of drug-likeness (QED) is 0.314. The number of hydrogen-bond donors (Lipinski definition) is 0. The van der Waals surface area contributed by atoms with Gasteiger partial charge in [0.15, 0.2) is 0 Å². The molecule has 0 aliphatic rings. The van der Waals surface area contributed by atoms with Crippen LogP contribution in [0.4, 0.5) is 0 Å². The largest absolute Gasteiger partial charge is 1.00 e. The Labute approximate surface area is 90.3 Å². The predicted molar refractivity (Wildman–Crippen MR) is 47.7 cm³/mol. The summed E-state index contributed by atoms with van der Waals surface area (Å²) in [6.07, 6.45) is 4.65. The Morgan fingerprint density at radius 2 is 2.08 bits per heavy atom. The van der Waals surface area contributed by atoms with Crippen molar-refractivity contribution in [2.75, 3.05) is 0 Å². The van der Waals surface area contributed by atoms with Gasteiger partial charge in [0.2, 0.25) is 0 Å². The molecule has 0 atom stereocenters. The SMILES string of the molecule is Cn1c[c-]nc1SC(C)(C)C.[Li+]. The zero-order chi connectivity index (χ0) is 8.48. The minimum atomic E-state index is 0. The maximum absolute atomic E-state index is 4.10. The molecule has 0 aliphatic carbocycles. The average molecular weight is 176 g/mol. The van der Waals surface area contributed by atoms with Crippen LogP contribution in [0.2, 0.25) is 0 Å². The number of hydrogen-bond acceptors (Lipinski definition) is 2. The molecule has 0 aromatic carbocycles. The molecule has 1 rings (SSSR count). The predicted octanol–water partition coefficient (Wildman–Crippen LogP) is -0.885. The van der Waals surface area contributed by atoms with Gasteiger partial charge in [0.05, 0.1) is 0 Å². The van der Waals surface area contributed by atoms with Gasteiger partial charge in [-0.3, -0.25) is 0 Å². The van der Waals surface area contributed by atoms with Crippen LogP contribution in [-0.4, -0.2) is 14.3 Å². The zero-order valence-electron chi connectivity index (χ0n) is 8.38. The van der Waals surface area contributed by atoms with E-state index in [1.165, 1.54) is 0 Å². The van der Waals surface area contributed by atoms with E-state index < -0.39 is 0 Å². The summed E-state index contributed by atoms with van der Waals surface area (Å²) >= 11 is 1.75. The summed E-state index contributed by atoms with van der Waals surface area (Å²) < 4.78 is 2.21. The Kier molecular flexibility index (Phi) is 4.47. The van der Waals surface area contributed by atoms with Crippen molar-refractivity contribution in [2.24, 2.45) is 7.05 Å². The van der Waals surface area contributed by atoms with Crippen LogP contribution in [0.15, 0.2) is 11.4 Å². The van der Waals surface area contributed by atoms with Crippen molar-refractivity contribution in [1.29, 1.82) is 0 Å². The molecule has 0 amide bonds. The third-order valence-electron chi connectivity index (χ3n) is 1.11. The molecule has 4 heteroatoms. The van der Waals surface area contributed by atoms with Crippen molar-refractivity contribution >= 4 is 11.8 Å². The van der Waals surface area contributed by atoms with Crippen LogP contribution in [0.3, 0.4) is 0 Å². The van der Waals surface area contributed by atoms with Crippen molar-refractivity contribution in [3.05, 3.63) is 12.4 Å². The second kappa shape index (κ2) is 4.41. The molecule has 1 heterocycles. The fraction of sp³-hybridized carbons (Fsp3) is 0.625. The van der Waals surface area contributed by atoms with Gasteiger partial charge in [-0.15, -0.1) is 6.20 Å². The molecule has 0 aliphatic heterocycles. The standard InChI is InChI=1S/C8H13N2S.Li/c1-8(2,3)11-7-9-5-6-10(7)4;/h6H,1-4H3;/q-1;+1. The van der Waals surface area contributed by atoms with Crippen molar-refractivity contribution in [3.63, 3.8) is 0 Å². The van der Waals surface area contributed by atoms with Crippen molar-refractivity contribution < 1.29 is 18.9 Å². The van der Waals surface area contributed by atoms with Gasteiger partial charge in [-0.2, -0.15) is 11.8 Å². The summed E-state index contributed by atoms with van der Waals surface area (Å²) in [4.78, 5) is 4.10. The molecule has 0 spiro atoms. The number of rotatable bonds is 1. The van der Waals surface area contributed by atoms with E-state index in [0.717, 1.165) is 5.16 Å². The minimum absolute atomic E-state index is 0. The van der Waals surface area contributed by atoms with Crippen LogP contribution in [0.25, 0.3) is 0 Å². The van der Waals surface area contributed by atoms with Crippen LogP contribution in [-0.2, 0) is 7.05 Å². The number of aromatic nitrogens is 2. The van der Waals surface area contributed by atoms with Gasteiger partial charge in [0.25, 0.3) is 0 Å². The van der Waals surface area contributed by atoms with Gasteiger partial charge in [0.1, 0.15) is 0 Å². The topological polar surface area (TPSA) is 17.8 Å². The Balaban J connectivity index is 0.00000121. The normalized spacial score (nSPS) is 11.0. The molecule has 0 radical (unpaired) electrons. The summed E-state index contributed by atoms with van der Waals surface area (Å²) in [6.45, 7) is 6.52. The molecule has 0 saturated heterocycles. The first kappa shape index (κ1) is 12.2. The molecule has 62 valence electrons. The van der Waals surface area contributed by atoms with Crippen LogP contribution in [0.1, 0.15) is 20.8 Å². The second-order valence-corrected chi connectivity index (χ2v) is 5.27. The van der Waals surface area contributed by atoms with E-state index in [-0.39, 0.29) is 23.6 Å². The summed E-state index contributed by atoms with van der Waals surface area (Å²) in [5.41, 5.74) is 0. The molecular formula is C8H13LiN2S. The van der Waals surface area contributed by atoms with Crippen molar-refractivity contribution in [2.45, 2.75) is 30.7 Å². The maximum Gasteiger partial charge on any atom is 1.00 e. The molecule has 2 nitrogen and oxygen atoms in total. The molecule has 0 saturated carbocycles. The smallest absolute Gasteiger partial charge is 0.430 e. The monoisotopic (exact) mass is 176 g/mol. The first-order valence-electron chi connectivity index (χ1n) is 3.57. The van der Waals surface area contributed by atoms with E-state index in [9.17, 15) is 0 Å². The van der Waals surface area contributed by atoms with Crippen molar-refractivity contribution in [3.8, 4) is 0 Å². The first-order valence-corrected chi connectivity index (χ1v) is 4.39. The zero-order valence-corrected chi connectivity index (χ0v) is 9.20. The molecule has 0 fully saturated rings. The second-order valence-electron chi connectivity index (χ2n) is 3.48. The van der Waals surface area contributed by atoms with E-state index in [2.05, 4.69) is 32.0 Å². The molecule has 0 bridgehead atoms. The third-order valence-corrected chi connectivity index (χ3v) is 2.28. The maximum atomic E-state index is 4.10. The van der Waals surface area contributed by atoms with E-state index in [1.807, 2.05) is 17.8 Å². The fourth-order valence-corrected chi connectivity index (χ4v) is 1.52. The summed E-state index contributed by atoms with van der Waals surface area (Å²) in [7, 11) is 1.98. The Bertz CT molecular complexity index is 239. The number of nitrogens with zero attached hydrogens (tertiary/aromatic N) is 2. The molecule has 12 heavy (non-hydrogen) atoms. The fourth-order valence-electron chi connectivity index (χ4n) is 0.673. The van der Waals surface area contributed by atoms with Gasteiger partial charge in [0, 0.05) is 5.16 Å². The minimum Gasteiger partial charge on any atom is -0.430 e. The van der Waals surface area contributed by atoms with Crippen LogP contribution in [0, 0.1) is 6.20 Å². The van der Waals surface area contributed by atoms with Crippen LogP contribution < -0.4 is 18.9 Å². The van der Waals surface area contributed by atoms with E-state index in [0.29, 0.717) is 0 Å². The molecule has 0 N–H and O–H groups in total. The Hall–Kier alpha value is 0.157. The summed E-state index contributed by atoms with van der Waals surface area (Å²) in [5, 5.41) is 1.03. The van der Waals surface area contributed by atoms with Gasteiger partial charge < -0.3 is 9.55 Å². The van der Waals surface area contributed by atoms with Gasteiger partial charge in [-0.1, -0.05) is 27.0 Å². The Morgan fingerprint density at radius 3 is 2.42 bits per heavy atom. The van der Waals surface area contributed by atoms with Crippen LogP contribution >= 0.6 is 11.8 Å². The first-order chi connectivity index (χ1) is 4.99. The van der Waals surface area contributed by atoms with E-state index in [4.69, 9.17) is 0 Å². The van der Waals surface area contributed by atoms with Gasteiger partial charge >= 0.3 is 18.9 Å². The number of thioether (sulfide) groups is 1. The van der Waals surface area contributed by atoms with Crippen molar-refractivity contribution in [1.82, 2.24) is 9.55 Å². The van der Waals surface area contributed by atoms with E-state index >= 15 is 0 Å². The van der Waals surface area contributed by atoms with Crippen LogP contribution in [0.5, 0.6) is 0 Å². The number of imidazole rings is 1. The van der Waals surface area contributed by atoms with E-state index in [1.54, 1.807) is 11.8 Å². The van der Waals surface area contributed by atoms with Gasteiger partial charge in [-0.05, 0) is 11.8 Å². The molecule has 0 unspecified atom stereocenters. The summed E-state index contributed by atoms with van der Waals surface area (Å²) in [6, 6.07) is 0.